The second-order valence-corrected chi connectivity index (χ2v) is 4.50. The summed E-state index contributed by atoms with van der Waals surface area (Å²) in [5, 5.41) is 0. The highest BCUT2D eigenvalue weighted by Gasteiger charge is 2.39. The average molecular weight is 236 g/mol. The van der Waals surface area contributed by atoms with Crippen LogP contribution >= 0.6 is 0 Å². The molecular weight excluding hydrogens is 224 g/mol. The Kier molecular flexibility index (Phi) is 2.56. The molecule has 0 bridgehead atoms. The van der Waals surface area contributed by atoms with Crippen LogP contribution in [0.5, 0.6) is 0 Å². The van der Waals surface area contributed by atoms with Crippen molar-refractivity contribution in [3.05, 3.63) is 71.3 Å². The second kappa shape index (κ2) is 4.22. The van der Waals surface area contributed by atoms with Gasteiger partial charge in [0.25, 0.3) is 0 Å². The van der Waals surface area contributed by atoms with Gasteiger partial charge in [0, 0.05) is 11.5 Å². The third kappa shape index (κ3) is 1.50. The molecule has 0 amide bonds. The topological polar surface area (TPSA) is 34.1 Å². The Bertz CT molecular complexity index is 602. The van der Waals surface area contributed by atoms with Crippen molar-refractivity contribution in [1.82, 2.24) is 0 Å². The summed E-state index contributed by atoms with van der Waals surface area (Å²) in [6, 6.07) is 17.2. The van der Waals surface area contributed by atoms with Gasteiger partial charge in [0.2, 0.25) is 0 Å². The molecule has 0 fully saturated rings. The summed E-state index contributed by atoms with van der Waals surface area (Å²) in [6.45, 7) is 0. The zero-order valence-electron chi connectivity index (χ0n) is 9.74. The number of hydrogen-bond acceptors (Lipinski definition) is 2. The molecule has 0 N–H and O–H groups in total. The summed E-state index contributed by atoms with van der Waals surface area (Å²) >= 11 is 0. The molecule has 2 heteroatoms. The van der Waals surface area contributed by atoms with Crippen LogP contribution in [0.3, 0.4) is 0 Å². The molecule has 2 aromatic carbocycles. The molecule has 0 saturated carbocycles. The van der Waals surface area contributed by atoms with E-state index < -0.39 is 5.92 Å². The number of carbonyl (C=O) groups is 2. The van der Waals surface area contributed by atoms with Crippen molar-refractivity contribution in [3.63, 3.8) is 0 Å². The van der Waals surface area contributed by atoms with Gasteiger partial charge in [0.05, 0.1) is 5.92 Å². The van der Waals surface area contributed by atoms with E-state index in [1.54, 1.807) is 6.07 Å². The number of Topliss-reactive ketones (excluding diaryl/α,β-unsaturated/α-hetero) is 1. The number of hydrogen-bond donors (Lipinski definition) is 0. The lowest BCUT2D eigenvalue weighted by molar-refractivity contribution is -0.110. The number of aldehydes is 1. The Morgan fingerprint density at radius 3 is 2.28 bits per heavy atom. The summed E-state index contributed by atoms with van der Waals surface area (Å²) in [4.78, 5) is 23.4. The van der Waals surface area contributed by atoms with Gasteiger partial charge in [-0.15, -0.1) is 0 Å². The Balaban J connectivity index is 2.19. The molecule has 0 unspecified atom stereocenters. The highest BCUT2D eigenvalue weighted by molar-refractivity contribution is 6.10. The number of rotatable bonds is 2. The summed E-state index contributed by atoms with van der Waals surface area (Å²) in [7, 11) is 0. The Hall–Kier alpha value is -2.22. The van der Waals surface area contributed by atoms with Crippen molar-refractivity contribution >= 4 is 12.1 Å². The molecule has 1 aliphatic carbocycles. The van der Waals surface area contributed by atoms with Gasteiger partial charge in [-0.2, -0.15) is 0 Å². The SMILES string of the molecule is O=C[C@H]1C(=O)c2ccccc2[C@@H]1c1ccccc1. The van der Waals surface area contributed by atoms with Gasteiger partial charge in [0.1, 0.15) is 6.29 Å². The van der Waals surface area contributed by atoms with Gasteiger partial charge < -0.3 is 4.79 Å². The predicted octanol–water partition coefficient (Wildman–Crippen LogP) is 2.83. The van der Waals surface area contributed by atoms with Crippen molar-refractivity contribution in [3.8, 4) is 0 Å². The Morgan fingerprint density at radius 2 is 1.56 bits per heavy atom. The predicted molar refractivity (Wildman–Crippen MR) is 68.6 cm³/mol. The van der Waals surface area contributed by atoms with Gasteiger partial charge in [-0.3, -0.25) is 4.79 Å². The molecule has 0 saturated heterocycles. The normalized spacial score (nSPS) is 21.7. The van der Waals surface area contributed by atoms with Crippen LogP contribution in [0, 0.1) is 5.92 Å². The third-order valence-electron chi connectivity index (χ3n) is 3.53. The molecule has 1 aliphatic rings. The van der Waals surface area contributed by atoms with Crippen LogP contribution in [0.2, 0.25) is 0 Å². The van der Waals surface area contributed by atoms with Gasteiger partial charge in [0.15, 0.2) is 5.78 Å². The van der Waals surface area contributed by atoms with Crippen LogP contribution in [0.1, 0.15) is 27.4 Å². The van der Waals surface area contributed by atoms with Crippen LogP contribution in [0.15, 0.2) is 54.6 Å². The summed E-state index contributed by atoms with van der Waals surface area (Å²) < 4.78 is 0. The van der Waals surface area contributed by atoms with Crippen LogP contribution < -0.4 is 0 Å². The molecular formula is C16H12O2. The smallest absolute Gasteiger partial charge is 0.174 e. The first kappa shape index (κ1) is 10.9. The van der Waals surface area contributed by atoms with Crippen molar-refractivity contribution in [1.29, 1.82) is 0 Å². The quantitative estimate of drug-likeness (QED) is 0.593. The molecule has 2 atom stereocenters. The maximum absolute atomic E-state index is 12.2. The molecule has 2 nitrogen and oxygen atoms in total. The molecule has 2 aromatic rings. The molecule has 88 valence electrons. The molecule has 3 rings (SSSR count). The van der Waals surface area contributed by atoms with Crippen molar-refractivity contribution in [2.24, 2.45) is 5.92 Å². The van der Waals surface area contributed by atoms with Crippen LogP contribution in [-0.2, 0) is 4.79 Å². The highest BCUT2D eigenvalue weighted by Crippen LogP contribution is 2.41. The molecule has 0 heterocycles. The number of fused-ring (bicyclic) bond motifs is 1. The maximum atomic E-state index is 12.2. The fourth-order valence-electron chi connectivity index (χ4n) is 2.70. The van der Waals surface area contributed by atoms with E-state index in [4.69, 9.17) is 0 Å². The van der Waals surface area contributed by atoms with E-state index in [0.717, 1.165) is 17.4 Å². The minimum absolute atomic E-state index is 0.0607. The monoisotopic (exact) mass is 236 g/mol. The maximum Gasteiger partial charge on any atom is 0.174 e. The van der Waals surface area contributed by atoms with E-state index in [0.29, 0.717) is 5.56 Å². The lowest BCUT2D eigenvalue weighted by Crippen LogP contribution is -2.16. The summed E-state index contributed by atoms with van der Waals surface area (Å²) in [5.41, 5.74) is 2.67. The third-order valence-corrected chi connectivity index (χ3v) is 3.53. The largest absolute Gasteiger partial charge is 0.303 e. The lowest BCUT2D eigenvalue weighted by Gasteiger charge is -2.14. The van der Waals surface area contributed by atoms with E-state index in [2.05, 4.69) is 0 Å². The number of benzene rings is 2. The fraction of sp³-hybridized carbons (Fsp3) is 0.125. The van der Waals surface area contributed by atoms with Gasteiger partial charge >= 0.3 is 0 Å². The van der Waals surface area contributed by atoms with Gasteiger partial charge in [-0.1, -0.05) is 54.6 Å². The van der Waals surface area contributed by atoms with E-state index in [9.17, 15) is 9.59 Å². The molecule has 18 heavy (non-hydrogen) atoms. The Morgan fingerprint density at radius 1 is 0.889 bits per heavy atom. The van der Waals surface area contributed by atoms with Crippen molar-refractivity contribution in [2.75, 3.05) is 0 Å². The minimum Gasteiger partial charge on any atom is -0.303 e. The first-order valence-electron chi connectivity index (χ1n) is 5.96. The van der Waals surface area contributed by atoms with Crippen LogP contribution in [-0.4, -0.2) is 12.1 Å². The fourth-order valence-corrected chi connectivity index (χ4v) is 2.70. The zero-order valence-corrected chi connectivity index (χ0v) is 9.74. The average Bonchev–Trinajstić information content (AvgIpc) is 2.73. The van der Waals surface area contributed by atoms with Gasteiger partial charge in [-0.05, 0) is 11.1 Å². The van der Waals surface area contributed by atoms with Crippen LogP contribution in [0.4, 0.5) is 0 Å². The number of carbonyl (C=O) groups excluding carboxylic acids is 2. The van der Waals surface area contributed by atoms with E-state index in [1.807, 2.05) is 48.5 Å². The van der Waals surface area contributed by atoms with Crippen molar-refractivity contribution < 1.29 is 9.59 Å². The second-order valence-electron chi connectivity index (χ2n) is 4.50. The lowest BCUT2D eigenvalue weighted by atomic mass is 9.86. The zero-order chi connectivity index (χ0) is 12.5. The van der Waals surface area contributed by atoms with E-state index in [-0.39, 0.29) is 11.7 Å². The standard InChI is InChI=1S/C16H12O2/c17-10-14-15(11-6-2-1-3-7-11)12-8-4-5-9-13(12)16(14)18/h1-10,14-15H/t14-,15+/m1/s1. The first-order chi connectivity index (χ1) is 8.83. The molecule has 0 spiro atoms. The van der Waals surface area contributed by atoms with E-state index >= 15 is 0 Å². The first-order valence-corrected chi connectivity index (χ1v) is 5.96. The van der Waals surface area contributed by atoms with Gasteiger partial charge in [-0.25, -0.2) is 0 Å². The van der Waals surface area contributed by atoms with Crippen molar-refractivity contribution in [2.45, 2.75) is 5.92 Å². The molecule has 0 aromatic heterocycles. The number of ketones is 1. The molecule has 0 aliphatic heterocycles. The van der Waals surface area contributed by atoms with Crippen LogP contribution in [0.25, 0.3) is 0 Å². The summed E-state index contributed by atoms with van der Waals surface area (Å²) in [5.74, 6) is -0.772. The Labute approximate surface area is 105 Å². The highest BCUT2D eigenvalue weighted by atomic mass is 16.1. The minimum atomic E-state index is -0.579. The summed E-state index contributed by atoms with van der Waals surface area (Å²) in [6.07, 6.45) is 0.778. The van der Waals surface area contributed by atoms with E-state index in [1.165, 1.54) is 0 Å². The molecule has 0 radical (unpaired) electrons.